The molecule has 0 aromatic heterocycles. The Bertz CT molecular complexity index is 414. The zero-order valence-corrected chi connectivity index (χ0v) is 11.7. The summed E-state index contributed by atoms with van der Waals surface area (Å²) in [6.07, 6.45) is 4.38. The fourth-order valence-corrected chi connectivity index (χ4v) is 2.35. The number of halogens is 1. The molecule has 104 valence electrons. The van der Waals surface area contributed by atoms with Crippen molar-refractivity contribution in [2.75, 3.05) is 13.2 Å². The third kappa shape index (κ3) is 5.21. The molecule has 0 saturated carbocycles. The number of rotatable bonds is 5. The van der Waals surface area contributed by atoms with Crippen molar-refractivity contribution in [3.05, 3.63) is 34.9 Å². The van der Waals surface area contributed by atoms with Crippen LogP contribution in [0.25, 0.3) is 0 Å². The van der Waals surface area contributed by atoms with E-state index in [1.807, 2.05) is 24.3 Å². The van der Waals surface area contributed by atoms with Crippen LogP contribution in [0, 0.1) is 0 Å². The van der Waals surface area contributed by atoms with Gasteiger partial charge in [0.25, 0.3) is 0 Å². The highest BCUT2D eigenvalue weighted by Gasteiger charge is 2.15. The summed E-state index contributed by atoms with van der Waals surface area (Å²) in [6, 6.07) is 7.55. The smallest absolute Gasteiger partial charge is 0.306 e. The second kappa shape index (κ2) is 7.51. The molecule has 3 nitrogen and oxygen atoms in total. The van der Waals surface area contributed by atoms with Gasteiger partial charge < -0.3 is 9.47 Å². The first-order valence-corrected chi connectivity index (χ1v) is 7.13. The molecule has 1 aliphatic rings. The number of benzene rings is 1. The lowest BCUT2D eigenvalue weighted by Gasteiger charge is -2.22. The number of hydrogen-bond acceptors (Lipinski definition) is 3. The molecule has 1 aromatic carbocycles. The largest absolute Gasteiger partial charge is 0.463 e. The van der Waals surface area contributed by atoms with Gasteiger partial charge in [-0.05, 0) is 43.4 Å². The van der Waals surface area contributed by atoms with Gasteiger partial charge in [-0.1, -0.05) is 23.7 Å². The Kier molecular flexibility index (Phi) is 5.67. The summed E-state index contributed by atoms with van der Waals surface area (Å²) in [5.41, 5.74) is 1.05. The normalized spacial score (nSPS) is 19.1. The third-order valence-electron chi connectivity index (χ3n) is 3.21. The average molecular weight is 283 g/mol. The first-order chi connectivity index (χ1) is 9.24. The quantitative estimate of drug-likeness (QED) is 0.777. The molecule has 1 aromatic rings. The van der Waals surface area contributed by atoms with Crippen LogP contribution in [0.3, 0.4) is 0 Å². The zero-order chi connectivity index (χ0) is 13.5. The van der Waals surface area contributed by atoms with Crippen molar-refractivity contribution in [2.24, 2.45) is 0 Å². The molecular weight excluding hydrogens is 264 g/mol. The van der Waals surface area contributed by atoms with Crippen molar-refractivity contribution in [3.8, 4) is 0 Å². The van der Waals surface area contributed by atoms with E-state index in [0.29, 0.717) is 24.5 Å². The SMILES string of the molecule is O=C(CCc1cccc(Cl)c1)OCC1CCCCO1. The molecule has 0 radical (unpaired) electrons. The number of carbonyl (C=O) groups is 1. The van der Waals surface area contributed by atoms with Gasteiger partial charge >= 0.3 is 5.97 Å². The zero-order valence-electron chi connectivity index (χ0n) is 10.9. The highest BCUT2D eigenvalue weighted by molar-refractivity contribution is 6.30. The Labute approximate surface area is 118 Å². The van der Waals surface area contributed by atoms with Crippen LogP contribution in [0.2, 0.25) is 5.02 Å². The molecule has 1 aliphatic heterocycles. The minimum atomic E-state index is -0.172. The number of aryl methyl sites for hydroxylation is 1. The molecule has 0 bridgehead atoms. The molecule has 1 heterocycles. The molecular formula is C15H19ClO3. The molecule has 1 saturated heterocycles. The Balaban J connectivity index is 1.66. The van der Waals surface area contributed by atoms with Crippen LogP contribution < -0.4 is 0 Å². The molecule has 19 heavy (non-hydrogen) atoms. The van der Waals surface area contributed by atoms with Crippen LogP contribution >= 0.6 is 11.6 Å². The molecule has 4 heteroatoms. The summed E-state index contributed by atoms with van der Waals surface area (Å²) in [5, 5.41) is 0.696. The molecule has 0 aliphatic carbocycles. The maximum Gasteiger partial charge on any atom is 0.306 e. The molecule has 0 spiro atoms. The van der Waals surface area contributed by atoms with Crippen molar-refractivity contribution in [1.82, 2.24) is 0 Å². The van der Waals surface area contributed by atoms with Crippen molar-refractivity contribution in [2.45, 2.75) is 38.2 Å². The monoisotopic (exact) mass is 282 g/mol. The van der Waals surface area contributed by atoms with Gasteiger partial charge in [-0.3, -0.25) is 4.79 Å². The second-order valence-corrected chi connectivity index (χ2v) is 5.24. The second-order valence-electron chi connectivity index (χ2n) is 4.80. The van der Waals surface area contributed by atoms with E-state index in [-0.39, 0.29) is 12.1 Å². The fraction of sp³-hybridized carbons (Fsp3) is 0.533. The Morgan fingerprint density at radius 1 is 1.42 bits per heavy atom. The van der Waals surface area contributed by atoms with Crippen LogP contribution in [0.4, 0.5) is 0 Å². The Morgan fingerprint density at radius 3 is 3.05 bits per heavy atom. The van der Waals surface area contributed by atoms with E-state index in [9.17, 15) is 4.79 Å². The van der Waals surface area contributed by atoms with Crippen LogP contribution in [0.15, 0.2) is 24.3 Å². The van der Waals surface area contributed by atoms with Crippen LogP contribution in [0.1, 0.15) is 31.2 Å². The molecule has 0 amide bonds. The molecule has 0 N–H and O–H groups in total. The third-order valence-corrected chi connectivity index (χ3v) is 3.45. The predicted octanol–water partition coefficient (Wildman–Crippen LogP) is 3.38. The minimum absolute atomic E-state index is 0.0869. The maximum atomic E-state index is 11.6. The molecule has 2 rings (SSSR count). The highest BCUT2D eigenvalue weighted by Crippen LogP contribution is 2.14. The number of ether oxygens (including phenoxy) is 2. The van der Waals surface area contributed by atoms with Crippen molar-refractivity contribution in [3.63, 3.8) is 0 Å². The summed E-state index contributed by atoms with van der Waals surface area (Å²) < 4.78 is 10.7. The van der Waals surface area contributed by atoms with E-state index in [4.69, 9.17) is 21.1 Å². The fourth-order valence-electron chi connectivity index (χ4n) is 2.14. The standard InChI is InChI=1S/C15H19ClO3/c16-13-5-3-4-12(10-13)7-8-15(17)19-11-14-6-1-2-9-18-14/h3-5,10,14H,1-2,6-9,11H2. The maximum absolute atomic E-state index is 11.6. The molecule has 1 unspecified atom stereocenters. The average Bonchev–Trinajstić information content (AvgIpc) is 2.44. The topological polar surface area (TPSA) is 35.5 Å². The van der Waals surface area contributed by atoms with E-state index in [1.54, 1.807) is 0 Å². The summed E-state index contributed by atoms with van der Waals surface area (Å²) in [4.78, 5) is 11.6. The first kappa shape index (κ1) is 14.4. The van der Waals surface area contributed by atoms with Crippen molar-refractivity contribution in [1.29, 1.82) is 0 Å². The van der Waals surface area contributed by atoms with E-state index in [0.717, 1.165) is 31.4 Å². The van der Waals surface area contributed by atoms with Gasteiger partial charge in [0.1, 0.15) is 6.61 Å². The minimum Gasteiger partial charge on any atom is -0.463 e. The molecule has 1 atom stereocenters. The van der Waals surface area contributed by atoms with Gasteiger partial charge in [0.05, 0.1) is 6.10 Å². The van der Waals surface area contributed by atoms with Crippen molar-refractivity contribution >= 4 is 17.6 Å². The van der Waals surface area contributed by atoms with Crippen LogP contribution in [0.5, 0.6) is 0 Å². The van der Waals surface area contributed by atoms with Crippen LogP contribution in [-0.2, 0) is 20.7 Å². The van der Waals surface area contributed by atoms with Crippen molar-refractivity contribution < 1.29 is 14.3 Å². The van der Waals surface area contributed by atoms with Gasteiger partial charge in [0.2, 0.25) is 0 Å². The van der Waals surface area contributed by atoms with E-state index in [1.165, 1.54) is 0 Å². The Morgan fingerprint density at radius 2 is 2.32 bits per heavy atom. The van der Waals surface area contributed by atoms with Gasteiger partial charge in [-0.25, -0.2) is 0 Å². The number of esters is 1. The first-order valence-electron chi connectivity index (χ1n) is 6.76. The van der Waals surface area contributed by atoms with Gasteiger partial charge in [-0.2, -0.15) is 0 Å². The van der Waals surface area contributed by atoms with Gasteiger partial charge in [0, 0.05) is 18.1 Å². The lowest BCUT2D eigenvalue weighted by molar-refractivity contribution is -0.149. The molecule has 1 fully saturated rings. The van der Waals surface area contributed by atoms with E-state index < -0.39 is 0 Å². The lowest BCUT2D eigenvalue weighted by Crippen LogP contribution is -2.26. The van der Waals surface area contributed by atoms with Gasteiger partial charge in [0.15, 0.2) is 0 Å². The van der Waals surface area contributed by atoms with E-state index >= 15 is 0 Å². The van der Waals surface area contributed by atoms with Gasteiger partial charge in [-0.15, -0.1) is 0 Å². The summed E-state index contributed by atoms with van der Waals surface area (Å²) in [6.45, 7) is 1.17. The Hall–Kier alpha value is -1.06. The predicted molar refractivity (Wildman–Crippen MR) is 74.3 cm³/mol. The summed E-state index contributed by atoms with van der Waals surface area (Å²) in [7, 11) is 0. The lowest BCUT2D eigenvalue weighted by atomic mass is 10.1. The van der Waals surface area contributed by atoms with Crippen LogP contribution in [-0.4, -0.2) is 25.3 Å². The van der Waals surface area contributed by atoms with E-state index in [2.05, 4.69) is 0 Å². The summed E-state index contributed by atoms with van der Waals surface area (Å²) >= 11 is 5.89. The number of hydrogen-bond donors (Lipinski definition) is 0. The summed E-state index contributed by atoms with van der Waals surface area (Å²) in [5.74, 6) is -0.172. The number of carbonyl (C=O) groups excluding carboxylic acids is 1. The highest BCUT2D eigenvalue weighted by atomic mass is 35.5.